The summed E-state index contributed by atoms with van der Waals surface area (Å²) in [7, 11) is 0. The van der Waals surface area contributed by atoms with Crippen LogP contribution in [-0.4, -0.2) is 65.0 Å². The van der Waals surface area contributed by atoms with Crippen molar-refractivity contribution in [1.29, 1.82) is 0 Å². The van der Waals surface area contributed by atoms with E-state index in [1.54, 1.807) is 48.1 Å². The molecule has 234 valence electrons. The Balaban J connectivity index is 0.000000460. The van der Waals surface area contributed by atoms with Gasteiger partial charge in [-0.25, -0.2) is 33.6 Å². The summed E-state index contributed by atoms with van der Waals surface area (Å²) in [5, 5.41) is 18.6. The van der Waals surface area contributed by atoms with E-state index in [9.17, 15) is 13.2 Å². The Morgan fingerprint density at radius 1 is 1.07 bits per heavy atom. The summed E-state index contributed by atoms with van der Waals surface area (Å²) in [5.74, 6) is -1.26. The number of aliphatic carboxylic acids is 1. The number of alkyl halides is 3. The fourth-order valence-electron chi connectivity index (χ4n) is 5.37. The average molecular weight is 627 g/mol. The third kappa shape index (κ3) is 6.69. The lowest BCUT2D eigenvalue weighted by Gasteiger charge is -2.29. The molecule has 2 fully saturated rings. The Labute approximate surface area is 252 Å². The molecule has 12 nitrogen and oxygen atoms in total. The molecule has 16 heteroatoms. The zero-order chi connectivity index (χ0) is 31.7. The molecule has 1 aromatic carbocycles. The van der Waals surface area contributed by atoms with Gasteiger partial charge in [0.1, 0.15) is 36.1 Å². The van der Waals surface area contributed by atoms with E-state index in [0.29, 0.717) is 57.4 Å². The molecule has 7 rings (SSSR count). The Bertz CT molecular complexity index is 1860. The summed E-state index contributed by atoms with van der Waals surface area (Å²) < 4.78 is 61.0. The van der Waals surface area contributed by atoms with Gasteiger partial charge in [-0.3, -0.25) is 0 Å². The van der Waals surface area contributed by atoms with Crippen molar-refractivity contribution in [2.24, 2.45) is 0 Å². The monoisotopic (exact) mass is 626 g/mol. The molecule has 0 amide bonds. The van der Waals surface area contributed by atoms with E-state index >= 15 is 4.39 Å². The van der Waals surface area contributed by atoms with Crippen LogP contribution in [0, 0.1) is 12.7 Å². The zero-order valence-corrected chi connectivity index (χ0v) is 23.6. The van der Waals surface area contributed by atoms with Crippen molar-refractivity contribution in [3.05, 3.63) is 66.8 Å². The maximum absolute atomic E-state index is 15.5. The number of carboxylic acid groups (broad SMARTS) is 1. The highest BCUT2D eigenvalue weighted by molar-refractivity contribution is 5.90. The summed E-state index contributed by atoms with van der Waals surface area (Å²) in [6.07, 6.45) is 5.67. The summed E-state index contributed by atoms with van der Waals surface area (Å²) in [6, 6.07) is 9.70. The quantitative estimate of drug-likeness (QED) is 0.210. The molecule has 0 aliphatic carbocycles. The van der Waals surface area contributed by atoms with Gasteiger partial charge >= 0.3 is 12.1 Å². The number of anilines is 2. The number of hydrogen-bond acceptors (Lipinski definition) is 10. The molecule has 2 aliphatic heterocycles. The van der Waals surface area contributed by atoms with E-state index in [2.05, 4.69) is 35.7 Å². The van der Waals surface area contributed by atoms with Crippen molar-refractivity contribution < 1.29 is 36.9 Å². The number of pyridine rings is 2. The Hall–Kier alpha value is -5.12. The van der Waals surface area contributed by atoms with E-state index in [1.807, 2.05) is 6.07 Å². The second-order valence-electron chi connectivity index (χ2n) is 10.6. The van der Waals surface area contributed by atoms with Crippen molar-refractivity contribution in [3.63, 3.8) is 0 Å². The third-order valence-corrected chi connectivity index (χ3v) is 7.53. The molecule has 2 bridgehead atoms. The summed E-state index contributed by atoms with van der Waals surface area (Å²) in [6.45, 7) is 1.67. The van der Waals surface area contributed by atoms with E-state index in [-0.39, 0.29) is 11.8 Å². The molecule has 2 atom stereocenters. The Morgan fingerprint density at radius 3 is 2.56 bits per heavy atom. The van der Waals surface area contributed by atoms with Gasteiger partial charge in [0.05, 0.1) is 17.4 Å². The second kappa shape index (κ2) is 12.1. The zero-order valence-electron chi connectivity index (χ0n) is 23.6. The molecule has 45 heavy (non-hydrogen) atoms. The van der Waals surface area contributed by atoms with Crippen LogP contribution in [0.4, 0.5) is 29.1 Å². The molecule has 6 heterocycles. The van der Waals surface area contributed by atoms with Gasteiger partial charge in [-0.2, -0.15) is 18.3 Å². The smallest absolute Gasteiger partial charge is 0.475 e. The SMILES string of the molecule is Cc1c(Oc2ccn3ncnc3c2)ccc(Nc2ncnc3cnc(OC4CC5CCC(C4)N5)cc23)c1F.O=C(O)C(F)(F)F. The number of hydrogen-bond donors (Lipinski definition) is 3. The van der Waals surface area contributed by atoms with Gasteiger partial charge in [0.25, 0.3) is 0 Å². The van der Waals surface area contributed by atoms with E-state index in [0.717, 1.165) is 12.8 Å². The normalized spacial score (nSPS) is 19.2. The van der Waals surface area contributed by atoms with Gasteiger partial charge in [0.2, 0.25) is 5.88 Å². The van der Waals surface area contributed by atoms with Crippen LogP contribution in [0.5, 0.6) is 17.4 Å². The van der Waals surface area contributed by atoms with Crippen LogP contribution in [-0.2, 0) is 4.79 Å². The molecule has 0 spiro atoms. The number of ether oxygens (including phenoxy) is 2. The summed E-state index contributed by atoms with van der Waals surface area (Å²) >= 11 is 0. The average Bonchev–Trinajstić information content (AvgIpc) is 3.62. The van der Waals surface area contributed by atoms with Crippen molar-refractivity contribution in [1.82, 2.24) is 34.9 Å². The van der Waals surface area contributed by atoms with Crippen molar-refractivity contribution in [2.75, 3.05) is 5.32 Å². The molecular weight excluding hydrogens is 600 g/mol. The third-order valence-electron chi connectivity index (χ3n) is 7.53. The summed E-state index contributed by atoms with van der Waals surface area (Å²) in [4.78, 5) is 26.2. The largest absolute Gasteiger partial charge is 0.490 e. The maximum atomic E-state index is 15.5. The molecule has 0 saturated carbocycles. The topological polar surface area (TPSA) is 149 Å². The van der Waals surface area contributed by atoms with Gasteiger partial charge in [-0.1, -0.05) is 0 Å². The number of nitrogens with one attached hydrogen (secondary N) is 2. The van der Waals surface area contributed by atoms with Crippen LogP contribution < -0.4 is 20.1 Å². The lowest BCUT2D eigenvalue weighted by molar-refractivity contribution is -0.192. The van der Waals surface area contributed by atoms with Crippen molar-refractivity contribution in [3.8, 4) is 17.4 Å². The predicted octanol–water partition coefficient (Wildman–Crippen LogP) is 5.35. The van der Waals surface area contributed by atoms with Gasteiger partial charge < -0.3 is 25.2 Å². The molecule has 0 radical (unpaired) electrons. The van der Waals surface area contributed by atoms with Crippen LogP contribution in [0.1, 0.15) is 31.2 Å². The van der Waals surface area contributed by atoms with E-state index < -0.39 is 18.0 Å². The standard InChI is InChI=1S/C27H25FN8O2.C2HF3O2/c1-15-23(37-18-6-7-36-24(10-18)31-14-33-36)5-4-21(26(15)28)35-27-20-11-25(29-12-22(20)30-13-32-27)38-19-8-16-2-3-17(9-19)34-16;3-2(4,5)1(6)7/h4-7,10-14,16-17,19,34H,2-3,8-9H2,1H3,(H,30,32,35);(H,6,7). The van der Waals surface area contributed by atoms with Crippen molar-refractivity contribution in [2.45, 2.75) is 57.0 Å². The lowest BCUT2D eigenvalue weighted by atomic mass is 10.0. The van der Waals surface area contributed by atoms with Gasteiger partial charge in [0, 0.05) is 41.4 Å². The highest BCUT2D eigenvalue weighted by Crippen LogP contribution is 2.34. The minimum atomic E-state index is -5.08. The van der Waals surface area contributed by atoms with E-state index in [1.165, 1.54) is 25.5 Å². The van der Waals surface area contributed by atoms with Gasteiger partial charge in [-0.05, 0) is 50.8 Å². The molecule has 3 N–H and O–H groups in total. The Morgan fingerprint density at radius 2 is 1.82 bits per heavy atom. The molecular formula is C29H26F4N8O4. The van der Waals surface area contributed by atoms with Crippen LogP contribution in [0.15, 0.2) is 55.4 Å². The number of fused-ring (bicyclic) bond motifs is 4. The maximum Gasteiger partial charge on any atom is 0.490 e. The first-order valence-electron chi connectivity index (χ1n) is 13.9. The number of carboxylic acids is 1. The van der Waals surface area contributed by atoms with Crippen LogP contribution in [0.2, 0.25) is 0 Å². The number of halogens is 4. The first-order valence-corrected chi connectivity index (χ1v) is 13.9. The highest BCUT2D eigenvalue weighted by Gasteiger charge is 2.38. The minimum Gasteiger partial charge on any atom is -0.475 e. The van der Waals surface area contributed by atoms with Crippen LogP contribution >= 0.6 is 0 Å². The fraction of sp³-hybridized carbons (Fsp3) is 0.310. The minimum absolute atomic E-state index is 0.123. The second-order valence-corrected chi connectivity index (χ2v) is 10.6. The lowest BCUT2D eigenvalue weighted by Crippen LogP contribution is -2.42. The molecule has 2 aliphatic rings. The van der Waals surface area contributed by atoms with Crippen LogP contribution in [0.3, 0.4) is 0 Å². The summed E-state index contributed by atoms with van der Waals surface area (Å²) in [5.41, 5.74) is 1.92. The first-order chi connectivity index (χ1) is 21.5. The molecule has 5 aromatic rings. The Kier molecular flexibility index (Phi) is 8.05. The predicted molar refractivity (Wildman–Crippen MR) is 152 cm³/mol. The number of carbonyl (C=O) groups is 1. The van der Waals surface area contributed by atoms with Gasteiger partial charge in [0.15, 0.2) is 11.5 Å². The van der Waals surface area contributed by atoms with E-state index in [4.69, 9.17) is 19.4 Å². The molecule has 2 unspecified atom stereocenters. The van der Waals surface area contributed by atoms with Crippen molar-refractivity contribution >= 4 is 34.0 Å². The number of nitrogens with zero attached hydrogens (tertiary/aromatic N) is 6. The van der Waals surface area contributed by atoms with Crippen LogP contribution in [0.25, 0.3) is 16.6 Å². The fourth-order valence-corrected chi connectivity index (χ4v) is 5.37. The molecule has 2 saturated heterocycles. The number of piperidine rings is 1. The van der Waals surface area contributed by atoms with Gasteiger partial charge in [-0.15, -0.1) is 0 Å². The molecule has 4 aromatic heterocycles. The first kappa shape index (κ1) is 29.9. The number of aromatic nitrogens is 6. The number of benzene rings is 1. The highest BCUT2D eigenvalue weighted by atomic mass is 19.4. The number of rotatable bonds is 6.